The van der Waals surface area contributed by atoms with Gasteiger partial charge in [-0.3, -0.25) is 14.3 Å². The highest BCUT2D eigenvalue weighted by Gasteiger charge is 2.44. The first-order valence-electron chi connectivity index (χ1n) is 11.2. The van der Waals surface area contributed by atoms with Crippen LogP contribution in [-0.4, -0.2) is 47.5 Å². The number of hydrogen-bond donors (Lipinski definition) is 3. The lowest BCUT2D eigenvalue weighted by atomic mass is 9.98. The van der Waals surface area contributed by atoms with Crippen molar-refractivity contribution in [2.45, 2.75) is 50.6 Å². The fraction of sp³-hybridized carbons (Fsp3) is 0.409. The third-order valence-electron chi connectivity index (χ3n) is 6.49. The molecule has 6 rings (SSSR count). The van der Waals surface area contributed by atoms with E-state index in [0.717, 1.165) is 35.0 Å². The van der Waals surface area contributed by atoms with Gasteiger partial charge in [-0.2, -0.15) is 15.1 Å². The molecule has 1 aliphatic heterocycles. The fourth-order valence-electron chi connectivity index (χ4n) is 4.45. The summed E-state index contributed by atoms with van der Waals surface area (Å²) in [5.74, 6) is 2.43. The zero-order chi connectivity index (χ0) is 22.4. The third-order valence-corrected chi connectivity index (χ3v) is 7.27. The van der Waals surface area contributed by atoms with Crippen molar-refractivity contribution < 1.29 is 4.79 Å². The van der Waals surface area contributed by atoms with Gasteiger partial charge < -0.3 is 15.5 Å². The topological polar surface area (TPSA) is 116 Å². The highest BCUT2D eigenvalue weighted by atomic mass is 32.1. The minimum Gasteiger partial charge on any atom is -0.348 e. The van der Waals surface area contributed by atoms with Crippen LogP contribution in [0.5, 0.6) is 0 Å². The molecule has 4 aromatic heterocycles. The van der Waals surface area contributed by atoms with E-state index in [-0.39, 0.29) is 5.91 Å². The number of amides is 1. The van der Waals surface area contributed by atoms with Gasteiger partial charge in [0.25, 0.3) is 0 Å². The predicted octanol–water partition coefficient (Wildman–Crippen LogP) is 3.21. The molecule has 1 atom stereocenters. The Morgan fingerprint density at radius 1 is 1.36 bits per heavy atom. The Morgan fingerprint density at radius 3 is 3.09 bits per heavy atom. The maximum atomic E-state index is 13.2. The molecular formula is C22H25N9OS. The quantitative estimate of drug-likeness (QED) is 0.385. The summed E-state index contributed by atoms with van der Waals surface area (Å²) >= 11 is 1.53. The summed E-state index contributed by atoms with van der Waals surface area (Å²) < 4.78 is 1.89. The average molecular weight is 464 g/mol. The molecule has 1 saturated carbocycles. The summed E-state index contributed by atoms with van der Waals surface area (Å²) in [6.45, 7) is 3.10. The molecular weight excluding hydrogens is 438 g/mol. The Labute approximate surface area is 194 Å². The molecule has 5 heterocycles. The number of nitrogens with one attached hydrogen (secondary N) is 3. The summed E-state index contributed by atoms with van der Waals surface area (Å²) in [5.41, 5.74) is 1.18. The molecule has 1 aliphatic carbocycles. The van der Waals surface area contributed by atoms with Gasteiger partial charge in [0.2, 0.25) is 17.8 Å². The van der Waals surface area contributed by atoms with Gasteiger partial charge in [0.1, 0.15) is 16.2 Å². The fourth-order valence-corrected chi connectivity index (χ4v) is 5.01. The van der Waals surface area contributed by atoms with E-state index in [1.807, 2.05) is 46.0 Å². The van der Waals surface area contributed by atoms with E-state index in [1.54, 1.807) is 6.20 Å². The first-order chi connectivity index (χ1) is 16.1. The zero-order valence-electron chi connectivity index (χ0n) is 18.3. The molecule has 33 heavy (non-hydrogen) atoms. The van der Waals surface area contributed by atoms with Crippen LogP contribution in [-0.2, 0) is 11.3 Å². The molecule has 170 valence electrons. The van der Waals surface area contributed by atoms with E-state index in [1.165, 1.54) is 24.2 Å². The lowest BCUT2D eigenvalue weighted by Crippen LogP contribution is -2.54. The summed E-state index contributed by atoms with van der Waals surface area (Å²) in [5, 5.41) is 16.7. The van der Waals surface area contributed by atoms with Crippen LogP contribution in [0.1, 0.15) is 49.2 Å². The first-order valence-corrected chi connectivity index (χ1v) is 12.1. The van der Waals surface area contributed by atoms with Crippen molar-refractivity contribution >= 4 is 40.6 Å². The van der Waals surface area contributed by atoms with Gasteiger partial charge in [0.05, 0.1) is 6.54 Å². The Balaban J connectivity index is 1.29. The third kappa shape index (κ3) is 3.71. The molecule has 11 heteroatoms. The minimum absolute atomic E-state index is 0.0371. The van der Waals surface area contributed by atoms with Crippen LogP contribution >= 0.6 is 11.3 Å². The van der Waals surface area contributed by atoms with Crippen molar-refractivity contribution in [2.24, 2.45) is 0 Å². The summed E-state index contributed by atoms with van der Waals surface area (Å²) in [6.07, 6.45) is 7.71. The second-order valence-electron chi connectivity index (χ2n) is 8.83. The normalized spacial score (nSPS) is 20.5. The number of aromatic nitrogens is 6. The Kier molecular flexibility index (Phi) is 4.79. The first kappa shape index (κ1) is 20.2. The van der Waals surface area contributed by atoms with Crippen LogP contribution in [0.15, 0.2) is 36.0 Å². The van der Waals surface area contributed by atoms with Gasteiger partial charge in [0.15, 0.2) is 5.82 Å². The van der Waals surface area contributed by atoms with E-state index in [2.05, 4.69) is 25.8 Å². The van der Waals surface area contributed by atoms with Gasteiger partial charge in [0, 0.05) is 42.0 Å². The number of thiazole rings is 1. The molecule has 1 saturated heterocycles. The lowest BCUT2D eigenvalue weighted by Gasteiger charge is -2.34. The predicted molar refractivity (Wildman–Crippen MR) is 126 cm³/mol. The minimum atomic E-state index is -0.731. The highest BCUT2D eigenvalue weighted by Crippen LogP contribution is 2.40. The van der Waals surface area contributed by atoms with Gasteiger partial charge in [-0.15, -0.1) is 11.3 Å². The Hall–Kier alpha value is -3.47. The zero-order valence-corrected chi connectivity index (χ0v) is 19.1. The number of anilines is 3. The second-order valence-corrected chi connectivity index (χ2v) is 9.81. The molecule has 0 unspecified atom stereocenters. The number of H-pyrrole nitrogens is 1. The van der Waals surface area contributed by atoms with Crippen molar-refractivity contribution in [2.75, 3.05) is 16.8 Å². The monoisotopic (exact) mass is 463 g/mol. The second kappa shape index (κ2) is 7.84. The number of carbonyl (C=O) groups excluding carboxylic acids is 1. The highest BCUT2D eigenvalue weighted by molar-refractivity contribution is 7.09. The standard InChI is InChI=1S/C22H25N9OS/c1-22(19(32)24-13-18-23-8-11-33-18)7-3-10-31(22)21-26-17-4-2-9-30(17)20(27-21)25-16-12-15(28-29-16)14-5-6-14/h2,4,8-9,11-12,14H,3,5-7,10,13H2,1H3,(H,24,32)(H2,25,26,27,28,29)/t22-/m0/s1. The maximum Gasteiger partial charge on any atom is 0.246 e. The van der Waals surface area contributed by atoms with Gasteiger partial charge >= 0.3 is 0 Å². The molecule has 2 aliphatic rings. The van der Waals surface area contributed by atoms with E-state index in [4.69, 9.17) is 9.97 Å². The molecule has 0 radical (unpaired) electrons. The summed E-state index contributed by atoms with van der Waals surface area (Å²) in [6, 6.07) is 5.91. The van der Waals surface area contributed by atoms with Gasteiger partial charge in [-0.25, -0.2) is 4.98 Å². The van der Waals surface area contributed by atoms with E-state index in [9.17, 15) is 4.79 Å². The molecule has 0 spiro atoms. The number of nitrogens with zero attached hydrogens (tertiary/aromatic N) is 6. The van der Waals surface area contributed by atoms with Crippen LogP contribution in [0.25, 0.3) is 5.65 Å². The van der Waals surface area contributed by atoms with Crippen molar-refractivity contribution in [3.05, 3.63) is 46.7 Å². The average Bonchev–Trinajstić information content (AvgIpc) is 3.26. The van der Waals surface area contributed by atoms with Crippen molar-refractivity contribution in [1.82, 2.24) is 34.9 Å². The van der Waals surface area contributed by atoms with Crippen LogP contribution in [0, 0.1) is 0 Å². The maximum absolute atomic E-state index is 13.2. The van der Waals surface area contributed by atoms with Gasteiger partial charge in [-0.05, 0) is 44.7 Å². The molecule has 0 bridgehead atoms. The van der Waals surface area contributed by atoms with E-state index in [0.29, 0.717) is 30.9 Å². The Morgan fingerprint density at radius 2 is 2.27 bits per heavy atom. The molecule has 0 aromatic carbocycles. The molecule has 3 N–H and O–H groups in total. The molecule has 2 fully saturated rings. The largest absolute Gasteiger partial charge is 0.348 e. The number of fused-ring (bicyclic) bond motifs is 1. The lowest BCUT2D eigenvalue weighted by molar-refractivity contribution is -0.125. The SMILES string of the molecule is C[C@@]1(C(=O)NCc2nccs2)CCCN1c1nc(Nc2cc(C3CC3)[nH]n2)n2cccc2n1. The van der Waals surface area contributed by atoms with Crippen LogP contribution in [0.4, 0.5) is 17.7 Å². The van der Waals surface area contributed by atoms with Crippen molar-refractivity contribution in [3.63, 3.8) is 0 Å². The van der Waals surface area contributed by atoms with Gasteiger partial charge in [-0.1, -0.05) is 0 Å². The van der Waals surface area contributed by atoms with Crippen LogP contribution in [0.3, 0.4) is 0 Å². The number of aromatic amines is 1. The van der Waals surface area contributed by atoms with Crippen molar-refractivity contribution in [3.8, 4) is 0 Å². The molecule has 10 nitrogen and oxygen atoms in total. The summed E-state index contributed by atoms with van der Waals surface area (Å²) in [4.78, 5) is 29.1. The Bertz CT molecular complexity index is 1290. The molecule has 4 aromatic rings. The van der Waals surface area contributed by atoms with Crippen LogP contribution < -0.4 is 15.5 Å². The number of carbonyl (C=O) groups is 1. The van der Waals surface area contributed by atoms with E-state index < -0.39 is 5.54 Å². The number of hydrogen-bond acceptors (Lipinski definition) is 8. The smallest absolute Gasteiger partial charge is 0.246 e. The number of rotatable bonds is 7. The van der Waals surface area contributed by atoms with E-state index >= 15 is 0 Å². The van der Waals surface area contributed by atoms with Crippen molar-refractivity contribution in [1.29, 1.82) is 0 Å². The van der Waals surface area contributed by atoms with Crippen LogP contribution in [0.2, 0.25) is 0 Å². The molecule has 1 amide bonds. The summed E-state index contributed by atoms with van der Waals surface area (Å²) in [7, 11) is 0.